The van der Waals surface area contributed by atoms with Crippen LogP contribution >= 0.6 is 23.2 Å². The predicted molar refractivity (Wildman–Crippen MR) is 148 cm³/mol. The monoisotopic (exact) mass is 521 g/mol. The van der Waals surface area contributed by atoms with Crippen LogP contribution in [0.25, 0.3) is 0 Å². The fraction of sp³-hybridized carbons (Fsp3) is 0.419. The topological polar surface area (TPSA) is 37.4 Å². The van der Waals surface area contributed by atoms with E-state index in [2.05, 4.69) is 64.6 Å². The van der Waals surface area contributed by atoms with Crippen LogP contribution < -0.4 is 4.90 Å². The second-order valence-electron chi connectivity index (χ2n) is 12.3. The molecule has 0 bridgehead atoms. The zero-order chi connectivity index (χ0) is 26.2. The number of nitrogens with zero attached hydrogens (tertiary/aromatic N) is 1. The lowest BCUT2D eigenvalue weighted by Gasteiger charge is -2.49. The minimum Gasteiger partial charge on any atom is -0.317 e. The molecule has 0 saturated carbocycles. The van der Waals surface area contributed by atoms with Gasteiger partial charge in [-0.3, -0.25) is 9.59 Å². The van der Waals surface area contributed by atoms with Crippen molar-refractivity contribution in [3.8, 4) is 0 Å². The maximum Gasteiger partial charge on any atom is 0.162 e. The largest absolute Gasteiger partial charge is 0.317 e. The summed E-state index contributed by atoms with van der Waals surface area (Å²) >= 11 is 13.0. The van der Waals surface area contributed by atoms with Crippen LogP contribution in [-0.2, 0) is 9.59 Å². The van der Waals surface area contributed by atoms with Gasteiger partial charge < -0.3 is 4.90 Å². The molecular weight excluding hydrogens is 489 g/mol. The third kappa shape index (κ3) is 4.25. The number of hydrogen-bond acceptors (Lipinski definition) is 3. The number of benzene rings is 2. The number of hydrogen-bond donors (Lipinski definition) is 0. The van der Waals surface area contributed by atoms with Gasteiger partial charge in [-0.1, -0.05) is 63.0 Å². The minimum atomic E-state index is -0.477. The summed E-state index contributed by atoms with van der Waals surface area (Å²) in [6.45, 7) is 12.8. The van der Waals surface area contributed by atoms with E-state index in [0.29, 0.717) is 34.0 Å². The van der Waals surface area contributed by atoms with Gasteiger partial charge >= 0.3 is 0 Å². The van der Waals surface area contributed by atoms with Gasteiger partial charge in [-0.25, -0.2) is 0 Å². The van der Waals surface area contributed by atoms with Crippen molar-refractivity contribution in [2.75, 3.05) is 4.90 Å². The standard InChI is InChI=1S/C31H33Cl2NO2/c1-17-7-9-20(11-18(17)2)34-23-13-30(3,4)15-25(35)28(23)27(21-10-8-19(32)12-22(21)33)29-24(34)14-31(5,6)16-26(29)36/h7-12,27H,13-16H2,1-6H3. The van der Waals surface area contributed by atoms with Gasteiger partial charge in [-0.2, -0.15) is 0 Å². The van der Waals surface area contributed by atoms with Crippen molar-refractivity contribution in [1.29, 1.82) is 0 Å². The second-order valence-corrected chi connectivity index (χ2v) is 13.1. The molecule has 188 valence electrons. The molecule has 2 aliphatic carbocycles. The highest BCUT2D eigenvalue weighted by atomic mass is 35.5. The van der Waals surface area contributed by atoms with Crippen LogP contribution in [0.4, 0.5) is 5.69 Å². The number of ketones is 2. The average molecular weight is 523 g/mol. The first-order valence-electron chi connectivity index (χ1n) is 12.6. The predicted octanol–water partition coefficient (Wildman–Crippen LogP) is 8.50. The van der Waals surface area contributed by atoms with Gasteiger partial charge in [0.15, 0.2) is 11.6 Å². The molecule has 3 nitrogen and oxygen atoms in total. The third-order valence-corrected chi connectivity index (χ3v) is 8.49. The van der Waals surface area contributed by atoms with Crippen molar-refractivity contribution in [1.82, 2.24) is 0 Å². The number of anilines is 1. The number of halogens is 2. The van der Waals surface area contributed by atoms with Gasteiger partial charge in [0.05, 0.1) is 0 Å². The molecule has 0 N–H and O–H groups in total. The van der Waals surface area contributed by atoms with E-state index >= 15 is 0 Å². The molecule has 0 atom stereocenters. The average Bonchev–Trinajstić information content (AvgIpc) is 2.73. The molecule has 2 aromatic carbocycles. The molecule has 36 heavy (non-hydrogen) atoms. The van der Waals surface area contributed by atoms with Crippen molar-refractivity contribution < 1.29 is 9.59 Å². The van der Waals surface area contributed by atoms with Crippen molar-refractivity contribution in [3.63, 3.8) is 0 Å². The third-order valence-electron chi connectivity index (χ3n) is 7.93. The quantitative estimate of drug-likeness (QED) is 0.397. The highest BCUT2D eigenvalue weighted by Gasteiger charge is 2.49. The normalized spacial score (nSPS) is 21.6. The molecule has 1 heterocycles. The van der Waals surface area contributed by atoms with Gasteiger partial charge in [0.1, 0.15) is 0 Å². The van der Waals surface area contributed by atoms with Crippen molar-refractivity contribution in [2.45, 2.75) is 73.1 Å². The van der Waals surface area contributed by atoms with Crippen LogP contribution in [-0.4, -0.2) is 11.6 Å². The van der Waals surface area contributed by atoms with E-state index < -0.39 is 5.92 Å². The first-order chi connectivity index (χ1) is 16.8. The summed E-state index contributed by atoms with van der Waals surface area (Å²) in [6.07, 6.45) is 2.37. The molecular formula is C31H33Cl2NO2. The number of aryl methyl sites for hydroxylation is 2. The molecule has 0 saturated heterocycles. The van der Waals surface area contributed by atoms with Gasteiger partial charge in [0, 0.05) is 57.0 Å². The lowest BCUT2D eigenvalue weighted by atomic mass is 9.63. The fourth-order valence-electron chi connectivity index (χ4n) is 6.19. The summed E-state index contributed by atoms with van der Waals surface area (Å²) in [7, 11) is 0. The summed E-state index contributed by atoms with van der Waals surface area (Å²) in [5.41, 5.74) is 7.24. The first kappa shape index (κ1) is 25.3. The summed E-state index contributed by atoms with van der Waals surface area (Å²) in [4.78, 5) is 30.1. The Morgan fingerprint density at radius 2 is 1.31 bits per heavy atom. The molecule has 0 unspecified atom stereocenters. The summed E-state index contributed by atoms with van der Waals surface area (Å²) < 4.78 is 0. The van der Waals surface area contributed by atoms with Crippen molar-refractivity contribution >= 4 is 40.5 Å². The number of Topliss-reactive ketones (excluding diaryl/α,β-unsaturated/α-hetero) is 2. The van der Waals surface area contributed by atoms with Gasteiger partial charge in [-0.15, -0.1) is 0 Å². The van der Waals surface area contributed by atoms with Crippen LogP contribution in [0.3, 0.4) is 0 Å². The molecule has 0 spiro atoms. The number of allylic oxidation sites excluding steroid dienone is 4. The Bertz CT molecular complexity index is 1320. The van der Waals surface area contributed by atoms with Crippen LogP contribution in [0.15, 0.2) is 58.9 Å². The second kappa shape index (κ2) is 8.60. The molecule has 5 heteroatoms. The SMILES string of the molecule is Cc1ccc(N2C3=C(C(=O)CC(C)(C)C3)C(c3ccc(Cl)cc3Cl)C3=C2CC(C)(C)CC3=O)cc1C. The molecule has 3 aliphatic rings. The fourth-order valence-corrected chi connectivity index (χ4v) is 6.71. The number of carbonyl (C=O) groups excluding carboxylic acids is 2. The molecule has 0 fully saturated rings. The zero-order valence-corrected chi connectivity index (χ0v) is 23.4. The van der Waals surface area contributed by atoms with E-state index in [-0.39, 0.29) is 22.4 Å². The van der Waals surface area contributed by atoms with Gasteiger partial charge in [0.2, 0.25) is 0 Å². The van der Waals surface area contributed by atoms with Crippen LogP contribution in [0.1, 0.15) is 76.0 Å². The maximum atomic E-state index is 13.9. The van der Waals surface area contributed by atoms with Crippen molar-refractivity contribution in [3.05, 3.63) is 85.7 Å². The van der Waals surface area contributed by atoms with E-state index in [0.717, 1.165) is 35.5 Å². The summed E-state index contributed by atoms with van der Waals surface area (Å²) in [5, 5.41) is 1.02. The zero-order valence-electron chi connectivity index (χ0n) is 21.9. The number of carbonyl (C=O) groups is 2. The highest BCUT2D eigenvalue weighted by Crippen LogP contribution is 2.56. The number of rotatable bonds is 2. The van der Waals surface area contributed by atoms with Gasteiger partial charge in [-0.05, 0) is 78.5 Å². The van der Waals surface area contributed by atoms with Crippen LogP contribution in [0.2, 0.25) is 10.0 Å². The Kier molecular flexibility index (Phi) is 6.04. The molecule has 2 aromatic rings. The molecule has 0 amide bonds. The van der Waals surface area contributed by atoms with Crippen LogP contribution in [0.5, 0.6) is 0 Å². The lowest BCUT2D eigenvalue weighted by molar-refractivity contribution is -0.119. The van der Waals surface area contributed by atoms with Gasteiger partial charge in [0.25, 0.3) is 0 Å². The summed E-state index contributed by atoms with van der Waals surface area (Å²) in [6, 6.07) is 11.8. The van der Waals surface area contributed by atoms with Crippen molar-refractivity contribution in [2.24, 2.45) is 10.8 Å². The Morgan fingerprint density at radius 3 is 1.81 bits per heavy atom. The van der Waals surface area contributed by atoms with E-state index in [4.69, 9.17) is 23.2 Å². The maximum absolute atomic E-state index is 13.9. The van der Waals surface area contributed by atoms with Crippen LogP contribution in [0, 0.1) is 24.7 Å². The van der Waals surface area contributed by atoms with E-state index in [1.165, 1.54) is 11.1 Å². The lowest BCUT2D eigenvalue weighted by Crippen LogP contribution is -2.44. The molecule has 5 rings (SSSR count). The van der Waals surface area contributed by atoms with E-state index in [1.807, 2.05) is 6.07 Å². The Balaban J connectivity index is 1.86. The Hall–Kier alpha value is -2.36. The highest BCUT2D eigenvalue weighted by molar-refractivity contribution is 6.35. The summed E-state index contributed by atoms with van der Waals surface area (Å²) in [5.74, 6) is -0.291. The molecule has 1 aliphatic heterocycles. The Labute approximate surface area is 224 Å². The first-order valence-corrected chi connectivity index (χ1v) is 13.4. The Morgan fingerprint density at radius 1 is 0.750 bits per heavy atom. The molecule has 0 radical (unpaired) electrons. The molecule has 0 aromatic heterocycles. The smallest absolute Gasteiger partial charge is 0.162 e. The van der Waals surface area contributed by atoms with E-state index in [9.17, 15) is 9.59 Å². The van der Waals surface area contributed by atoms with E-state index in [1.54, 1.807) is 12.1 Å². The minimum absolute atomic E-state index is 0.0929.